The lowest BCUT2D eigenvalue weighted by atomic mass is 10.1. The summed E-state index contributed by atoms with van der Waals surface area (Å²) in [6.07, 6.45) is 64.2. The Bertz CT molecular complexity index is 1220. The maximum Gasteiger partial charge on any atom is 0.306 e. The van der Waals surface area contributed by atoms with Gasteiger partial charge in [-0.3, -0.25) is 14.4 Å². The Balaban J connectivity index is 4.44. The fourth-order valence-electron chi connectivity index (χ4n) is 6.86. The van der Waals surface area contributed by atoms with Gasteiger partial charge >= 0.3 is 17.9 Å². The zero-order valence-electron chi connectivity index (χ0n) is 40.4. The number of rotatable bonds is 45. The molecule has 0 amide bonds. The van der Waals surface area contributed by atoms with Gasteiger partial charge in [-0.25, -0.2) is 0 Å². The molecule has 0 aromatic carbocycles. The van der Waals surface area contributed by atoms with Crippen LogP contribution in [0.5, 0.6) is 0 Å². The summed E-state index contributed by atoms with van der Waals surface area (Å²) in [4.78, 5) is 38.0. The number of esters is 3. The van der Waals surface area contributed by atoms with Gasteiger partial charge in [-0.05, 0) is 96.3 Å². The molecule has 0 aromatic heterocycles. The average Bonchev–Trinajstić information content (AvgIpc) is 3.27. The van der Waals surface area contributed by atoms with Gasteiger partial charge in [0.15, 0.2) is 6.10 Å². The fraction of sp³-hybridized carbons (Fsp3) is 0.696. The molecule has 0 saturated heterocycles. The van der Waals surface area contributed by atoms with Crippen molar-refractivity contribution in [2.45, 2.75) is 239 Å². The van der Waals surface area contributed by atoms with Crippen LogP contribution in [-0.2, 0) is 28.6 Å². The van der Waals surface area contributed by atoms with Gasteiger partial charge in [-0.15, -0.1) is 0 Å². The van der Waals surface area contributed by atoms with E-state index in [2.05, 4.69) is 106 Å². The summed E-state index contributed by atoms with van der Waals surface area (Å²) >= 11 is 0. The molecule has 0 saturated carbocycles. The van der Waals surface area contributed by atoms with Crippen molar-refractivity contribution in [1.29, 1.82) is 0 Å². The van der Waals surface area contributed by atoms with Crippen LogP contribution in [-0.4, -0.2) is 37.2 Å². The minimum absolute atomic E-state index is 0.0925. The van der Waals surface area contributed by atoms with E-state index >= 15 is 0 Å². The van der Waals surface area contributed by atoms with Gasteiger partial charge in [0, 0.05) is 19.3 Å². The Morgan fingerprint density at radius 3 is 1.18 bits per heavy atom. The third kappa shape index (κ3) is 47.6. The summed E-state index contributed by atoms with van der Waals surface area (Å²) < 4.78 is 16.8. The molecule has 0 N–H and O–H groups in total. The summed E-state index contributed by atoms with van der Waals surface area (Å²) in [6.45, 7) is 6.34. The van der Waals surface area contributed by atoms with E-state index in [0.29, 0.717) is 19.3 Å². The number of hydrogen-bond acceptors (Lipinski definition) is 6. The maximum absolute atomic E-state index is 12.8. The molecule has 1 unspecified atom stereocenters. The van der Waals surface area contributed by atoms with E-state index in [0.717, 1.165) is 109 Å². The van der Waals surface area contributed by atoms with Crippen molar-refractivity contribution in [2.24, 2.45) is 0 Å². The van der Waals surface area contributed by atoms with E-state index in [1.165, 1.54) is 83.5 Å². The molecule has 0 aliphatic carbocycles. The Morgan fingerprint density at radius 2 is 0.710 bits per heavy atom. The second kappa shape index (κ2) is 50.2. The Kier molecular flexibility index (Phi) is 47.5. The zero-order valence-corrected chi connectivity index (χ0v) is 40.4. The molecular formula is C56H94O6. The second-order valence-electron chi connectivity index (χ2n) is 16.7. The predicted octanol–water partition coefficient (Wildman–Crippen LogP) is 16.8. The largest absolute Gasteiger partial charge is 0.462 e. The highest BCUT2D eigenvalue weighted by Crippen LogP contribution is 2.14. The quantitative estimate of drug-likeness (QED) is 0.0199. The first-order valence-corrected chi connectivity index (χ1v) is 25.6. The molecule has 0 aromatic rings. The van der Waals surface area contributed by atoms with E-state index in [9.17, 15) is 14.4 Å². The second-order valence-corrected chi connectivity index (χ2v) is 16.7. The number of ether oxygens (including phenoxy) is 3. The van der Waals surface area contributed by atoms with Crippen LogP contribution in [0.15, 0.2) is 85.1 Å². The Morgan fingerprint density at radius 1 is 0.355 bits per heavy atom. The standard InChI is InChI=1S/C56H94O6/c1-4-7-10-13-16-19-22-25-27-29-31-34-37-40-43-46-49-55(58)61-52-53(51-60-54(57)48-45-42-39-36-33-30-24-21-18-15-12-9-6-3)62-56(59)50-47-44-41-38-35-32-28-26-23-20-17-14-11-8-5-2/h7,9-10,12,15-16,18-21,23-25,27,53H,4-6,8,11,13-14,17,22,26,28-52H2,1-3H3/b10-7+,12-9+,18-15+,19-16+,23-20+,24-21+,27-25+. The third-order valence-electron chi connectivity index (χ3n) is 10.7. The van der Waals surface area contributed by atoms with Gasteiger partial charge in [0.25, 0.3) is 0 Å². The molecule has 62 heavy (non-hydrogen) atoms. The van der Waals surface area contributed by atoms with E-state index in [-0.39, 0.29) is 31.1 Å². The summed E-state index contributed by atoms with van der Waals surface area (Å²) in [7, 11) is 0. The molecule has 0 radical (unpaired) electrons. The molecule has 0 aliphatic rings. The van der Waals surface area contributed by atoms with Crippen molar-refractivity contribution < 1.29 is 28.6 Å². The number of carbonyl (C=O) groups excluding carboxylic acids is 3. The highest BCUT2D eigenvalue weighted by atomic mass is 16.6. The fourth-order valence-corrected chi connectivity index (χ4v) is 6.86. The van der Waals surface area contributed by atoms with Gasteiger partial charge in [0.1, 0.15) is 13.2 Å². The molecule has 6 heteroatoms. The molecule has 6 nitrogen and oxygen atoms in total. The normalized spacial score (nSPS) is 12.8. The first-order valence-electron chi connectivity index (χ1n) is 25.6. The van der Waals surface area contributed by atoms with Crippen LogP contribution in [0.2, 0.25) is 0 Å². The minimum Gasteiger partial charge on any atom is -0.462 e. The monoisotopic (exact) mass is 863 g/mol. The number of carbonyl (C=O) groups is 3. The van der Waals surface area contributed by atoms with Crippen molar-refractivity contribution in [3.63, 3.8) is 0 Å². The van der Waals surface area contributed by atoms with Crippen molar-refractivity contribution in [3.8, 4) is 0 Å². The summed E-state index contributed by atoms with van der Waals surface area (Å²) in [6, 6.07) is 0. The van der Waals surface area contributed by atoms with Crippen LogP contribution < -0.4 is 0 Å². The predicted molar refractivity (Wildman–Crippen MR) is 265 cm³/mol. The van der Waals surface area contributed by atoms with Gasteiger partial charge in [0.2, 0.25) is 0 Å². The number of allylic oxidation sites excluding steroid dienone is 14. The number of hydrogen-bond donors (Lipinski definition) is 0. The van der Waals surface area contributed by atoms with E-state index in [4.69, 9.17) is 14.2 Å². The number of unbranched alkanes of at least 4 members (excludes halogenated alkanes) is 22. The maximum atomic E-state index is 12.8. The molecule has 0 bridgehead atoms. The smallest absolute Gasteiger partial charge is 0.306 e. The van der Waals surface area contributed by atoms with Crippen LogP contribution in [0.4, 0.5) is 0 Å². The summed E-state index contributed by atoms with van der Waals surface area (Å²) in [5.41, 5.74) is 0. The van der Waals surface area contributed by atoms with Gasteiger partial charge in [0.05, 0.1) is 0 Å². The van der Waals surface area contributed by atoms with E-state index in [1.54, 1.807) is 0 Å². The molecular weight excluding hydrogens is 769 g/mol. The molecule has 0 rings (SSSR count). The molecule has 0 aliphatic heterocycles. The van der Waals surface area contributed by atoms with Crippen LogP contribution in [0, 0.1) is 0 Å². The van der Waals surface area contributed by atoms with Crippen molar-refractivity contribution >= 4 is 17.9 Å². The van der Waals surface area contributed by atoms with Gasteiger partial charge in [-0.2, -0.15) is 0 Å². The lowest BCUT2D eigenvalue weighted by molar-refractivity contribution is -0.167. The highest BCUT2D eigenvalue weighted by Gasteiger charge is 2.19. The zero-order chi connectivity index (χ0) is 45.1. The molecule has 354 valence electrons. The first kappa shape index (κ1) is 58.6. The molecule has 0 spiro atoms. The van der Waals surface area contributed by atoms with Crippen LogP contribution in [0.1, 0.15) is 233 Å². The highest BCUT2D eigenvalue weighted by molar-refractivity contribution is 5.71. The minimum atomic E-state index is -0.792. The average molecular weight is 863 g/mol. The third-order valence-corrected chi connectivity index (χ3v) is 10.7. The van der Waals surface area contributed by atoms with Crippen molar-refractivity contribution in [3.05, 3.63) is 85.1 Å². The summed E-state index contributed by atoms with van der Waals surface area (Å²) in [5.74, 6) is -0.931. The summed E-state index contributed by atoms with van der Waals surface area (Å²) in [5, 5.41) is 0. The van der Waals surface area contributed by atoms with E-state index < -0.39 is 6.10 Å². The van der Waals surface area contributed by atoms with E-state index in [1.807, 2.05) is 0 Å². The lowest BCUT2D eigenvalue weighted by Crippen LogP contribution is -2.30. The SMILES string of the molecule is CC/C=C/C=C/C=C/CCCCCCCC(=O)OCC(COC(=O)CCCCCCCC/C=C/C/C=C/C/C=C/CC)OC(=O)CCCCCCCCC/C=C/CCCCCC. The first-order chi connectivity index (χ1) is 30.5. The van der Waals surface area contributed by atoms with Crippen LogP contribution >= 0.6 is 0 Å². The van der Waals surface area contributed by atoms with Crippen LogP contribution in [0.3, 0.4) is 0 Å². The Labute approximate surface area is 382 Å². The lowest BCUT2D eigenvalue weighted by Gasteiger charge is -2.18. The molecule has 1 atom stereocenters. The van der Waals surface area contributed by atoms with Gasteiger partial charge < -0.3 is 14.2 Å². The molecule has 0 heterocycles. The topological polar surface area (TPSA) is 78.9 Å². The Hall–Kier alpha value is -3.41. The molecule has 0 fully saturated rings. The van der Waals surface area contributed by atoms with Gasteiger partial charge in [-0.1, -0.05) is 202 Å². The van der Waals surface area contributed by atoms with Crippen molar-refractivity contribution in [1.82, 2.24) is 0 Å². The van der Waals surface area contributed by atoms with Crippen molar-refractivity contribution in [2.75, 3.05) is 13.2 Å². The van der Waals surface area contributed by atoms with Crippen LogP contribution in [0.25, 0.3) is 0 Å².